The highest BCUT2D eigenvalue weighted by Gasteiger charge is 2.19. The molecule has 0 radical (unpaired) electrons. The van der Waals surface area contributed by atoms with Gasteiger partial charge < -0.3 is 4.74 Å². The summed E-state index contributed by atoms with van der Waals surface area (Å²) in [5.41, 5.74) is 0. The summed E-state index contributed by atoms with van der Waals surface area (Å²) in [5.74, 6) is 1.80. The molecule has 16 heavy (non-hydrogen) atoms. The van der Waals surface area contributed by atoms with Gasteiger partial charge >= 0.3 is 0 Å². The molecule has 1 aliphatic rings. The summed E-state index contributed by atoms with van der Waals surface area (Å²) >= 11 is 1.86. The fourth-order valence-corrected chi connectivity index (χ4v) is 2.97. The van der Waals surface area contributed by atoms with Crippen LogP contribution < -0.4 is 4.74 Å². The molecule has 0 unspecified atom stereocenters. The van der Waals surface area contributed by atoms with Crippen molar-refractivity contribution >= 4 is 11.9 Å². The first-order valence-corrected chi connectivity index (χ1v) is 6.71. The van der Waals surface area contributed by atoms with E-state index in [9.17, 15) is 0 Å². The van der Waals surface area contributed by atoms with Crippen molar-refractivity contribution in [3.05, 3.63) is 24.3 Å². The second-order valence-corrected chi connectivity index (χ2v) is 5.45. The second-order valence-electron chi connectivity index (χ2n) is 4.28. The van der Waals surface area contributed by atoms with Crippen molar-refractivity contribution in [3.63, 3.8) is 0 Å². The number of hydrogen-bond acceptors (Lipinski definition) is 3. The first-order chi connectivity index (χ1) is 7.78. The van der Waals surface area contributed by atoms with Gasteiger partial charge in [-0.3, -0.25) is 0 Å². The predicted octanol–water partition coefficient (Wildman–Crippen LogP) is 3.43. The van der Waals surface area contributed by atoms with Crippen molar-refractivity contribution in [3.8, 4) is 5.75 Å². The third kappa shape index (κ3) is 3.16. The lowest BCUT2D eigenvalue weighted by atomic mass is 10.2. The topological polar surface area (TPSA) is 12.5 Å². The van der Waals surface area contributed by atoms with Crippen LogP contribution in [0.3, 0.4) is 0 Å². The van der Waals surface area contributed by atoms with E-state index in [0.717, 1.165) is 18.3 Å². The number of rotatable bonds is 4. The highest BCUT2D eigenvalue weighted by molar-refractivity contribution is 7.97. The van der Waals surface area contributed by atoms with Crippen LogP contribution in [-0.2, 0) is 0 Å². The molecule has 1 aromatic rings. The fourth-order valence-electron chi connectivity index (χ4n) is 1.89. The van der Waals surface area contributed by atoms with Crippen molar-refractivity contribution in [2.45, 2.75) is 25.2 Å². The smallest absolute Gasteiger partial charge is 0.119 e. The molecule has 0 aromatic heterocycles. The van der Waals surface area contributed by atoms with E-state index in [4.69, 9.17) is 4.74 Å². The minimum atomic E-state index is 0.732. The molecule has 1 aromatic carbocycles. The minimum Gasteiger partial charge on any atom is -0.494 e. The largest absolute Gasteiger partial charge is 0.494 e. The second kappa shape index (κ2) is 5.60. The van der Waals surface area contributed by atoms with E-state index in [1.807, 2.05) is 31.0 Å². The van der Waals surface area contributed by atoms with E-state index in [1.165, 1.54) is 24.4 Å². The summed E-state index contributed by atoms with van der Waals surface area (Å²) in [7, 11) is 0. The average molecular weight is 237 g/mol. The zero-order chi connectivity index (χ0) is 11.4. The molecule has 1 heterocycles. The molecule has 3 heteroatoms. The SMILES string of the molecule is CCOc1ccc(SN2CC[C@@H](C)C2)cc1. The van der Waals surface area contributed by atoms with Gasteiger partial charge in [0, 0.05) is 18.0 Å². The number of hydrogen-bond donors (Lipinski definition) is 0. The molecule has 88 valence electrons. The first kappa shape index (κ1) is 11.8. The van der Waals surface area contributed by atoms with Gasteiger partial charge in [-0.2, -0.15) is 0 Å². The van der Waals surface area contributed by atoms with Crippen LogP contribution in [0.2, 0.25) is 0 Å². The fraction of sp³-hybridized carbons (Fsp3) is 0.538. The maximum Gasteiger partial charge on any atom is 0.119 e. The van der Waals surface area contributed by atoms with Gasteiger partial charge in [0.05, 0.1) is 6.61 Å². The Kier molecular flexibility index (Phi) is 4.13. The Balaban J connectivity index is 1.89. The van der Waals surface area contributed by atoms with Crippen molar-refractivity contribution < 1.29 is 4.74 Å². The Morgan fingerprint density at radius 3 is 2.69 bits per heavy atom. The molecular formula is C13H19NOS. The molecule has 1 fully saturated rings. The molecule has 0 N–H and O–H groups in total. The molecule has 0 spiro atoms. The zero-order valence-corrected chi connectivity index (χ0v) is 10.8. The van der Waals surface area contributed by atoms with Crippen LogP contribution in [0.4, 0.5) is 0 Å². The van der Waals surface area contributed by atoms with Crippen molar-refractivity contribution in [2.75, 3.05) is 19.7 Å². The van der Waals surface area contributed by atoms with E-state index in [0.29, 0.717) is 0 Å². The average Bonchev–Trinajstić information content (AvgIpc) is 2.67. The normalized spacial score (nSPS) is 21.2. The predicted molar refractivity (Wildman–Crippen MR) is 68.8 cm³/mol. The highest BCUT2D eigenvalue weighted by atomic mass is 32.2. The zero-order valence-electron chi connectivity index (χ0n) is 9.98. The molecule has 1 saturated heterocycles. The van der Waals surface area contributed by atoms with Crippen LogP contribution >= 0.6 is 11.9 Å². The van der Waals surface area contributed by atoms with E-state index in [2.05, 4.69) is 23.4 Å². The van der Waals surface area contributed by atoms with E-state index < -0.39 is 0 Å². The summed E-state index contributed by atoms with van der Waals surface area (Å²) in [6.07, 6.45) is 1.32. The third-order valence-corrected chi connectivity index (χ3v) is 3.83. The summed E-state index contributed by atoms with van der Waals surface area (Å²) in [6, 6.07) is 8.37. The van der Waals surface area contributed by atoms with Crippen molar-refractivity contribution in [1.29, 1.82) is 0 Å². The van der Waals surface area contributed by atoms with Gasteiger partial charge in [0.15, 0.2) is 0 Å². The van der Waals surface area contributed by atoms with E-state index >= 15 is 0 Å². The summed E-state index contributed by atoms with van der Waals surface area (Å²) < 4.78 is 7.87. The van der Waals surface area contributed by atoms with Crippen LogP contribution in [0.5, 0.6) is 5.75 Å². The van der Waals surface area contributed by atoms with Gasteiger partial charge in [-0.1, -0.05) is 6.92 Å². The molecule has 0 aliphatic carbocycles. The Morgan fingerprint density at radius 1 is 1.38 bits per heavy atom. The molecule has 1 aliphatic heterocycles. The van der Waals surface area contributed by atoms with Crippen LogP contribution in [0.15, 0.2) is 29.2 Å². The molecular weight excluding hydrogens is 218 g/mol. The number of benzene rings is 1. The lowest BCUT2D eigenvalue weighted by Crippen LogP contribution is -2.10. The molecule has 2 nitrogen and oxygen atoms in total. The van der Waals surface area contributed by atoms with Crippen molar-refractivity contribution in [1.82, 2.24) is 4.31 Å². The van der Waals surface area contributed by atoms with Crippen LogP contribution in [0, 0.1) is 5.92 Å². The van der Waals surface area contributed by atoms with Crippen LogP contribution in [0.25, 0.3) is 0 Å². The van der Waals surface area contributed by atoms with Crippen molar-refractivity contribution in [2.24, 2.45) is 5.92 Å². The van der Waals surface area contributed by atoms with Gasteiger partial charge in [0.2, 0.25) is 0 Å². The Morgan fingerprint density at radius 2 is 2.12 bits per heavy atom. The van der Waals surface area contributed by atoms with E-state index in [-0.39, 0.29) is 0 Å². The van der Waals surface area contributed by atoms with Gasteiger partial charge in [-0.05, 0) is 55.5 Å². The highest BCUT2D eigenvalue weighted by Crippen LogP contribution is 2.29. The Hall–Kier alpha value is -0.670. The summed E-state index contributed by atoms with van der Waals surface area (Å²) in [4.78, 5) is 1.30. The molecule has 0 saturated carbocycles. The number of ether oxygens (including phenoxy) is 1. The molecule has 2 rings (SSSR count). The monoisotopic (exact) mass is 237 g/mol. The van der Waals surface area contributed by atoms with E-state index in [1.54, 1.807) is 0 Å². The Labute approximate surface area is 102 Å². The minimum absolute atomic E-state index is 0.732. The number of nitrogens with zero attached hydrogens (tertiary/aromatic N) is 1. The standard InChI is InChI=1S/C13H19NOS/c1-3-15-12-4-6-13(7-5-12)16-14-9-8-11(2)10-14/h4-7,11H,3,8-10H2,1-2H3/t11-/m1/s1. The van der Waals surface area contributed by atoms with Crippen LogP contribution in [0.1, 0.15) is 20.3 Å². The molecule has 0 amide bonds. The Bertz CT molecular complexity index is 325. The lowest BCUT2D eigenvalue weighted by molar-refractivity contribution is 0.340. The van der Waals surface area contributed by atoms with Gasteiger partial charge in [0.25, 0.3) is 0 Å². The van der Waals surface area contributed by atoms with Gasteiger partial charge in [0.1, 0.15) is 5.75 Å². The first-order valence-electron chi connectivity index (χ1n) is 5.93. The lowest BCUT2D eigenvalue weighted by Gasteiger charge is -2.14. The maximum atomic E-state index is 5.43. The molecule has 1 atom stereocenters. The maximum absolute atomic E-state index is 5.43. The summed E-state index contributed by atoms with van der Waals surface area (Å²) in [5, 5.41) is 0. The third-order valence-electron chi connectivity index (χ3n) is 2.76. The van der Waals surface area contributed by atoms with Gasteiger partial charge in [-0.15, -0.1) is 0 Å². The van der Waals surface area contributed by atoms with Crippen LogP contribution in [-0.4, -0.2) is 24.0 Å². The quantitative estimate of drug-likeness (QED) is 0.744. The van der Waals surface area contributed by atoms with Gasteiger partial charge in [-0.25, -0.2) is 4.31 Å². The molecule has 0 bridgehead atoms. The summed E-state index contributed by atoms with van der Waals surface area (Å²) in [6.45, 7) is 7.47.